The van der Waals surface area contributed by atoms with E-state index in [1.807, 2.05) is 49.0 Å². The van der Waals surface area contributed by atoms with Crippen LogP contribution in [-0.4, -0.2) is 220 Å². The third-order valence-corrected chi connectivity index (χ3v) is 18.0. The Bertz CT molecular complexity index is 3130. The Labute approximate surface area is 519 Å². The fourth-order valence-electron chi connectivity index (χ4n) is 12.7. The number of aromatic nitrogens is 4. The highest BCUT2D eigenvalue weighted by Crippen LogP contribution is 2.37. The molecular formula is C67H97N15O5. The van der Waals surface area contributed by atoms with Gasteiger partial charge in [-0.15, -0.1) is 0 Å². The molecule has 2 aromatic carbocycles. The number of piperazine rings is 1. The molecule has 4 aromatic rings. The summed E-state index contributed by atoms with van der Waals surface area (Å²) in [4.78, 5) is 70.3. The van der Waals surface area contributed by atoms with Gasteiger partial charge in [-0.25, -0.2) is 17.9 Å². The van der Waals surface area contributed by atoms with Crippen LogP contribution >= 0.6 is 0 Å². The van der Waals surface area contributed by atoms with Crippen LogP contribution in [0, 0.1) is 46.8 Å². The Hall–Kier alpha value is -7.36. The average molecular weight is 1190 g/mol. The molecule has 0 saturated carbocycles. The van der Waals surface area contributed by atoms with Crippen molar-refractivity contribution in [2.45, 2.75) is 110 Å². The second-order valence-corrected chi connectivity index (χ2v) is 24.9. The van der Waals surface area contributed by atoms with E-state index in [1.54, 1.807) is 12.2 Å². The minimum Gasteiger partial charge on any atom is -0.478 e. The van der Waals surface area contributed by atoms with Gasteiger partial charge in [-0.2, -0.15) is 19.9 Å². The Kier molecular flexibility index (Phi) is 23.8. The van der Waals surface area contributed by atoms with Crippen molar-refractivity contribution in [1.82, 2.24) is 44.4 Å². The van der Waals surface area contributed by atoms with Gasteiger partial charge in [0, 0.05) is 113 Å². The lowest BCUT2D eigenvalue weighted by molar-refractivity contribution is -0.131. The van der Waals surface area contributed by atoms with E-state index in [-0.39, 0.29) is 19.9 Å². The molecule has 1 N–H and O–H groups in total. The number of hydrogen-bond acceptors (Lipinski definition) is 16. The zero-order valence-corrected chi connectivity index (χ0v) is 53.5. The number of carbonyl (C=O) groups is 2. The van der Waals surface area contributed by atoms with Gasteiger partial charge in [-0.1, -0.05) is 36.4 Å². The summed E-state index contributed by atoms with van der Waals surface area (Å²) < 4.78 is 12.6. The SMILES string of the molecule is CN(C)C/C=C/C(=O)O.[2HH].[C-]#[N+]C[C@@H]1CCCN(c2nc(OC[C@@H]3CCCN3C)nc3c2CCN(c2cccc(C)c2C)C3)C1.[C-]#[N+]C[C@H]1CN(c2nc(OC[C@@H]3CCCN3C)nc3c2CCN(c2cccc(C)c2C)C3)CCN1C(=O)/C=C/CN(C)C. The van der Waals surface area contributed by atoms with E-state index in [0.717, 1.165) is 113 Å². The second-order valence-electron chi connectivity index (χ2n) is 24.9. The van der Waals surface area contributed by atoms with E-state index in [2.05, 4.69) is 117 Å². The smallest absolute Gasteiger partial charge is 0.328 e. The lowest BCUT2D eigenvalue weighted by Crippen LogP contribution is -2.56. The van der Waals surface area contributed by atoms with Gasteiger partial charge in [-0.05, 0) is 169 Å². The molecule has 87 heavy (non-hydrogen) atoms. The molecule has 0 radical (unpaired) electrons. The highest BCUT2D eigenvalue weighted by atomic mass is 16.5. The van der Waals surface area contributed by atoms with Crippen molar-refractivity contribution in [3.63, 3.8) is 0 Å². The standard InChI is InChI=1S/C33H46N8O2.C28H38N6O.C6H11NO2.H2/c1-24-10-7-12-30(25(24)2)39-17-14-28-29(22-39)35-33(43-23-26-11-8-16-38(26)6)36-32(28)40-18-19-41(27(21-40)20-34-3)31(42)13-9-15-37(4)5;1-20-8-5-11-26(21(20)2)33-15-12-24-25(18-33)30-28(35-19-23-10-7-13-32(23)4)31-27(24)34-14-6-9-22(17-34)16-29-3;1-7(2)5-3-4-6(8)9;/h7,9-10,12-13,26-27H,8,11,14-23H2,1-2,4-6H3;5,8,11,22-23H,6-7,9-10,12-19H2,1-2,4H3;3-4H,5H2,1-2H3,(H,8,9);1H/b13-9+;;4-3+;/t26-,27-;22-,23-;;/m00../s1/i;;;1+1. The first kappa shape index (κ1) is 65.6. The van der Waals surface area contributed by atoms with Crippen molar-refractivity contribution < 1.29 is 25.6 Å². The van der Waals surface area contributed by atoms with Crippen molar-refractivity contribution in [3.05, 3.63) is 128 Å². The van der Waals surface area contributed by atoms with Crippen molar-refractivity contribution in [1.29, 1.82) is 0 Å². The van der Waals surface area contributed by atoms with Crippen molar-refractivity contribution >= 4 is 34.9 Å². The molecule has 0 aliphatic carbocycles. The van der Waals surface area contributed by atoms with Crippen molar-refractivity contribution in [3.8, 4) is 12.0 Å². The second kappa shape index (κ2) is 31.5. The maximum atomic E-state index is 13.1. The molecule has 0 spiro atoms. The Morgan fingerprint density at radius 3 is 1.59 bits per heavy atom. The van der Waals surface area contributed by atoms with Gasteiger partial charge in [0.25, 0.3) is 0 Å². The lowest BCUT2D eigenvalue weighted by Gasteiger charge is -2.41. The summed E-state index contributed by atoms with van der Waals surface area (Å²) >= 11 is 0. The van der Waals surface area contributed by atoms with Crippen molar-refractivity contribution in [2.75, 3.05) is 160 Å². The molecule has 4 atom stereocenters. The first-order valence-corrected chi connectivity index (χ1v) is 31.3. The normalized spacial score (nSPS) is 20.6. The van der Waals surface area contributed by atoms with Crippen LogP contribution in [0.1, 0.15) is 84.7 Å². The average Bonchev–Trinajstić information content (AvgIpc) is 3.80. The van der Waals surface area contributed by atoms with Gasteiger partial charge in [-0.3, -0.25) is 4.79 Å². The van der Waals surface area contributed by atoms with Crippen LogP contribution in [-0.2, 0) is 35.5 Å². The van der Waals surface area contributed by atoms with Crippen LogP contribution in [0.15, 0.2) is 60.7 Å². The number of ether oxygens (including phenoxy) is 2. The number of carboxylic acid groups (broad SMARTS) is 1. The number of aryl methyl sites for hydroxylation is 2. The molecule has 2 aromatic heterocycles. The number of benzene rings is 2. The highest BCUT2D eigenvalue weighted by molar-refractivity contribution is 5.88. The third-order valence-electron chi connectivity index (χ3n) is 18.0. The van der Waals surface area contributed by atoms with E-state index in [9.17, 15) is 9.59 Å². The van der Waals surface area contributed by atoms with Gasteiger partial charge < -0.3 is 68.4 Å². The van der Waals surface area contributed by atoms with Crippen LogP contribution in [0.25, 0.3) is 9.69 Å². The lowest BCUT2D eigenvalue weighted by atomic mass is 9.96. The molecule has 6 aliphatic heterocycles. The number of anilines is 4. The molecular weight excluding hydrogens is 1090 g/mol. The minimum atomic E-state index is -0.892. The molecule has 1 amide bonds. The third kappa shape index (κ3) is 17.7. The highest BCUT2D eigenvalue weighted by Gasteiger charge is 2.36. The molecule has 0 unspecified atom stereocenters. The topological polar surface area (TPSA) is 162 Å². The molecule has 4 saturated heterocycles. The molecule has 10 rings (SSSR count). The van der Waals surface area contributed by atoms with Gasteiger partial charge in [0.1, 0.15) is 30.9 Å². The summed E-state index contributed by atoms with van der Waals surface area (Å²) in [5.41, 5.74) is 12.3. The van der Waals surface area contributed by atoms with Crippen LogP contribution in [0.4, 0.5) is 23.0 Å². The van der Waals surface area contributed by atoms with Crippen LogP contribution in [0.3, 0.4) is 0 Å². The summed E-state index contributed by atoms with van der Waals surface area (Å²) in [6.45, 7) is 36.3. The zero-order valence-electron chi connectivity index (χ0n) is 53.5. The number of rotatable bonds is 18. The molecule has 20 heteroatoms. The molecule has 0 bridgehead atoms. The van der Waals surface area contributed by atoms with Crippen molar-refractivity contribution in [2.24, 2.45) is 5.92 Å². The minimum absolute atomic E-state index is 0. The zero-order chi connectivity index (χ0) is 62.1. The summed E-state index contributed by atoms with van der Waals surface area (Å²) in [7, 11) is 12.0. The van der Waals surface area contributed by atoms with Gasteiger partial charge in [0.05, 0.1) is 24.5 Å². The maximum absolute atomic E-state index is 13.1. The van der Waals surface area contributed by atoms with E-state index in [0.29, 0.717) is 89.0 Å². The number of likely N-dealkylation sites (tertiary alicyclic amines) is 2. The number of carboxylic acids is 1. The molecule has 6 aliphatic rings. The fraction of sp³-hybridized carbons (Fsp3) is 0.582. The quantitative estimate of drug-likeness (QED) is 0.0756. The first-order chi connectivity index (χ1) is 41.9. The van der Waals surface area contributed by atoms with Crippen LogP contribution < -0.4 is 29.1 Å². The summed E-state index contributed by atoms with van der Waals surface area (Å²) in [5.74, 6) is 1.43. The van der Waals surface area contributed by atoms with Gasteiger partial charge in [0.15, 0.2) is 0 Å². The number of nitrogens with zero attached hydrogens (tertiary/aromatic N) is 15. The maximum Gasteiger partial charge on any atom is 0.328 e. The fourth-order valence-corrected chi connectivity index (χ4v) is 12.7. The van der Waals surface area contributed by atoms with E-state index >= 15 is 0 Å². The van der Waals surface area contributed by atoms with Gasteiger partial charge >= 0.3 is 18.0 Å². The van der Waals surface area contributed by atoms with E-state index in [4.69, 9.17) is 47.7 Å². The Balaban J connectivity index is 0.000000221. The number of fused-ring (bicyclic) bond motifs is 2. The number of amides is 1. The molecule has 470 valence electrons. The molecule has 20 nitrogen and oxygen atoms in total. The Morgan fingerprint density at radius 1 is 0.621 bits per heavy atom. The predicted molar refractivity (Wildman–Crippen MR) is 348 cm³/mol. The number of piperidine rings is 1. The molecule has 4 fully saturated rings. The summed E-state index contributed by atoms with van der Waals surface area (Å²) in [6.07, 6.45) is 14.9. The van der Waals surface area contributed by atoms with Crippen LogP contribution in [0.2, 0.25) is 0 Å². The molecule has 8 heterocycles. The monoisotopic (exact) mass is 1190 g/mol. The number of aliphatic carboxylic acids is 1. The summed E-state index contributed by atoms with van der Waals surface area (Å²) in [6, 6.07) is 14.6. The summed E-state index contributed by atoms with van der Waals surface area (Å²) in [5, 5.41) is 8.12. The Morgan fingerprint density at radius 2 is 1.11 bits per heavy atom. The largest absolute Gasteiger partial charge is 0.478 e. The number of likely N-dealkylation sites (N-methyl/N-ethyl adjacent to an activating group) is 4. The number of hydrogen-bond donors (Lipinski definition) is 1. The number of carbonyl (C=O) groups excluding carboxylic acids is 1. The first-order valence-electron chi connectivity index (χ1n) is 31.3. The van der Waals surface area contributed by atoms with E-state index in [1.165, 1.54) is 58.5 Å². The van der Waals surface area contributed by atoms with Crippen LogP contribution in [0.5, 0.6) is 12.0 Å². The predicted octanol–water partition coefficient (Wildman–Crippen LogP) is 7.88. The van der Waals surface area contributed by atoms with Gasteiger partial charge in [0.2, 0.25) is 19.0 Å². The van der Waals surface area contributed by atoms with E-state index < -0.39 is 5.97 Å².